The SMILES string of the molecule is N#Cc1cc2ccccc2nc1NC1CCC(=O)NC1. The zero-order chi connectivity index (χ0) is 13.9. The molecule has 1 fully saturated rings. The molecule has 2 N–H and O–H groups in total. The molecule has 1 aliphatic heterocycles. The van der Waals surface area contributed by atoms with Crippen molar-refractivity contribution in [2.24, 2.45) is 0 Å². The van der Waals surface area contributed by atoms with Gasteiger partial charge in [0.15, 0.2) is 0 Å². The standard InChI is InChI=1S/C15H14N4O/c16-8-11-7-10-3-1-2-4-13(10)19-15(11)18-12-5-6-14(20)17-9-12/h1-4,7,12H,5-6,9H2,(H,17,20)(H,18,19). The number of nitrogens with one attached hydrogen (secondary N) is 2. The molecule has 1 atom stereocenters. The lowest BCUT2D eigenvalue weighted by atomic mass is 10.1. The number of amides is 1. The van der Waals surface area contributed by atoms with Gasteiger partial charge in [-0.1, -0.05) is 18.2 Å². The van der Waals surface area contributed by atoms with Crippen molar-refractivity contribution in [3.63, 3.8) is 0 Å². The number of piperidine rings is 1. The summed E-state index contributed by atoms with van der Waals surface area (Å²) in [7, 11) is 0. The van der Waals surface area contributed by atoms with Crippen molar-refractivity contribution in [3.8, 4) is 6.07 Å². The molecule has 0 spiro atoms. The Labute approximate surface area is 116 Å². The minimum Gasteiger partial charge on any atom is -0.364 e. The lowest BCUT2D eigenvalue weighted by molar-refractivity contribution is -0.122. The van der Waals surface area contributed by atoms with Gasteiger partial charge in [0.1, 0.15) is 11.9 Å². The highest BCUT2D eigenvalue weighted by molar-refractivity contribution is 5.83. The van der Waals surface area contributed by atoms with Crippen molar-refractivity contribution in [1.82, 2.24) is 10.3 Å². The topological polar surface area (TPSA) is 77.8 Å². The maximum atomic E-state index is 11.2. The van der Waals surface area contributed by atoms with Crippen LogP contribution < -0.4 is 10.6 Å². The normalized spacial score (nSPS) is 18.4. The molecule has 100 valence electrons. The third-order valence-electron chi connectivity index (χ3n) is 3.45. The van der Waals surface area contributed by atoms with Gasteiger partial charge in [-0.05, 0) is 18.6 Å². The molecule has 20 heavy (non-hydrogen) atoms. The second-order valence-corrected chi connectivity index (χ2v) is 4.87. The molecule has 1 aromatic carbocycles. The van der Waals surface area contributed by atoms with Crippen molar-refractivity contribution < 1.29 is 4.79 Å². The molecular formula is C15H14N4O. The number of anilines is 1. The van der Waals surface area contributed by atoms with E-state index in [4.69, 9.17) is 0 Å². The summed E-state index contributed by atoms with van der Waals surface area (Å²) >= 11 is 0. The van der Waals surface area contributed by atoms with Crippen LogP contribution in [-0.4, -0.2) is 23.5 Å². The van der Waals surface area contributed by atoms with E-state index in [2.05, 4.69) is 21.7 Å². The first-order valence-electron chi connectivity index (χ1n) is 6.59. The summed E-state index contributed by atoms with van der Waals surface area (Å²) in [6.45, 7) is 0.568. The second kappa shape index (κ2) is 5.17. The quantitative estimate of drug-likeness (QED) is 0.868. The highest BCUT2D eigenvalue weighted by Gasteiger charge is 2.19. The number of hydrogen-bond donors (Lipinski definition) is 2. The summed E-state index contributed by atoms with van der Waals surface area (Å²) in [4.78, 5) is 15.7. The molecule has 0 aliphatic carbocycles. The lowest BCUT2D eigenvalue weighted by Gasteiger charge is -2.24. The minimum absolute atomic E-state index is 0.0787. The van der Waals surface area contributed by atoms with Crippen LogP contribution in [0.3, 0.4) is 0 Å². The van der Waals surface area contributed by atoms with Crippen molar-refractivity contribution >= 4 is 22.6 Å². The molecule has 5 heteroatoms. The molecule has 0 saturated carbocycles. The Kier molecular flexibility index (Phi) is 3.21. The van der Waals surface area contributed by atoms with E-state index in [1.54, 1.807) is 0 Å². The first-order valence-corrected chi connectivity index (χ1v) is 6.59. The zero-order valence-corrected chi connectivity index (χ0v) is 10.9. The van der Waals surface area contributed by atoms with Crippen LogP contribution in [-0.2, 0) is 4.79 Å². The number of rotatable bonds is 2. The van der Waals surface area contributed by atoms with Gasteiger partial charge in [0.25, 0.3) is 0 Å². The smallest absolute Gasteiger partial charge is 0.220 e. The van der Waals surface area contributed by atoms with Crippen LogP contribution in [0.15, 0.2) is 30.3 Å². The highest BCUT2D eigenvalue weighted by Crippen LogP contribution is 2.21. The Morgan fingerprint density at radius 1 is 1.40 bits per heavy atom. The summed E-state index contributed by atoms with van der Waals surface area (Å²) in [5.74, 6) is 0.669. The zero-order valence-electron chi connectivity index (χ0n) is 10.9. The summed E-state index contributed by atoms with van der Waals surface area (Å²) < 4.78 is 0. The molecule has 5 nitrogen and oxygen atoms in total. The number of benzene rings is 1. The van der Waals surface area contributed by atoms with E-state index in [0.717, 1.165) is 17.3 Å². The number of nitriles is 1. The molecule has 3 rings (SSSR count). The van der Waals surface area contributed by atoms with Gasteiger partial charge in [0.05, 0.1) is 11.1 Å². The van der Waals surface area contributed by atoms with Gasteiger partial charge in [-0.2, -0.15) is 5.26 Å². The third kappa shape index (κ3) is 2.41. The Balaban J connectivity index is 1.90. The van der Waals surface area contributed by atoms with Gasteiger partial charge >= 0.3 is 0 Å². The maximum absolute atomic E-state index is 11.2. The van der Waals surface area contributed by atoms with Crippen LogP contribution in [0.2, 0.25) is 0 Å². The van der Waals surface area contributed by atoms with Crippen LogP contribution >= 0.6 is 0 Å². The second-order valence-electron chi connectivity index (χ2n) is 4.87. The fourth-order valence-corrected chi connectivity index (χ4v) is 2.36. The van der Waals surface area contributed by atoms with Crippen molar-refractivity contribution in [3.05, 3.63) is 35.9 Å². The van der Waals surface area contributed by atoms with Crippen LogP contribution in [0.5, 0.6) is 0 Å². The number of hydrogen-bond acceptors (Lipinski definition) is 4. The summed E-state index contributed by atoms with van der Waals surface area (Å²) in [6, 6.07) is 11.8. The molecule has 0 bridgehead atoms. The summed E-state index contributed by atoms with van der Waals surface area (Å²) in [6.07, 6.45) is 1.26. The third-order valence-corrected chi connectivity index (χ3v) is 3.45. The highest BCUT2D eigenvalue weighted by atomic mass is 16.1. The minimum atomic E-state index is 0.0787. The number of carbonyl (C=O) groups is 1. The first kappa shape index (κ1) is 12.4. The van der Waals surface area contributed by atoms with E-state index in [9.17, 15) is 10.1 Å². The Morgan fingerprint density at radius 3 is 3.00 bits per heavy atom. The van der Waals surface area contributed by atoms with Crippen molar-refractivity contribution in [2.45, 2.75) is 18.9 Å². The molecule has 2 heterocycles. The van der Waals surface area contributed by atoms with Crippen LogP contribution in [0, 0.1) is 11.3 Å². The van der Waals surface area contributed by atoms with Gasteiger partial charge in [-0.15, -0.1) is 0 Å². The molecule has 1 aliphatic rings. The van der Waals surface area contributed by atoms with Crippen LogP contribution in [0.4, 0.5) is 5.82 Å². The summed E-state index contributed by atoms with van der Waals surface area (Å²) in [5.41, 5.74) is 1.38. The Bertz CT molecular complexity index is 695. The van der Waals surface area contributed by atoms with Gasteiger partial charge in [-0.3, -0.25) is 4.79 Å². The van der Waals surface area contributed by atoms with E-state index in [1.165, 1.54) is 0 Å². The molecule has 1 unspecified atom stereocenters. The predicted octanol–water partition coefficient (Wildman–Crippen LogP) is 1.80. The number of fused-ring (bicyclic) bond motifs is 1. The maximum Gasteiger partial charge on any atom is 0.220 e. The summed E-state index contributed by atoms with van der Waals surface area (Å²) in [5, 5.41) is 16.3. The fraction of sp³-hybridized carbons (Fsp3) is 0.267. The average Bonchev–Trinajstić information content (AvgIpc) is 2.49. The molecule has 1 amide bonds. The van der Waals surface area contributed by atoms with Gasteiger partial charge in [0, 0.05) is 24.4 Å². The van der Waals surface area contributed by atoms with Crippen molar-refractivity contribution in [2.75, 3.05) is 11.9 Å². The monoisotopic (exact) mass is 266 g/mol. The van der Waals surface area contributed by atoms with Gasteiger partial charge in [-0.25, -0.2) is 4.98 Å². The fourth-order valence-electron chi connectivity index (χ4n) is 2.36. The first-order chi connectivity index (χ1) is 9.76. The number of carbonyl (C=O) groups excluding carboxylic acids is 1. The van der Waals surface area contributed by atoms with Crippen LogP contribution in [0.1, 0.15) is 18.4 Å². The predicted molar refractivity (Wildman–Crippen MR) is 76.1 cm³/mol. The molecule has 1 aromatic heterocycles. The average molecular weight is 266 g/mol. The van der Waals surface area contributed by atoms with Gasteiger partial charge in [0.2, 0.25) is 5.91 Å². The van der Waals surface area contributed by atoms with Crippen molar-refractivity contribution in [1.29, 1.82) is 5.26 Å². The van der Waals surface area contributed by atoms with E-state index in [1.807, 2.05) is 30.3 Å². The number of aromatic nitrogens is 1. The number of pyridine rings is 1. The number of para-hydroxylation sites is 1. The molecule has 2 aromatic rings. The van der Waals surface area contributed by atoms with E-state index in [0.29, 0.717) is 24.3 Å². The van der Waals surface area contributed by atoms with E-state index >= 15 is 0 Å². The lowest BCUT2D eigenvalue weighted by Crippen LogP contribution is -2.42. The Morgan fingerprint density at radius 2 is 2.25 bits per heavy atom. The van der Waals surface area contributed by atoms with Crippen LogP contribution in [0.25, 0.3) is 10.9 Å². The van der Waals surface area contributed by atoms with E-state index in [-0.39, 0.29) is 11.9 Å². The number of nitrogens with zero attached hydrogens (tertiary/aromatic N) is 2. The molecule has 1 saturated heterocycles. The largest absolute Gasteiger partial charge is 0.364 e. The van der Waals surface area contributed by atoms with Gasteiger partial charge < -0.3 is 10.6 Å². The molecule has 0 radical (unpaired) electrons. The molecular weight excluding hydrogens is 252 g/mol. The Hall–Kier alpha value is -2.61. The van der Waals surface area contributed by atoms with E-state index < -0.39 is 0 Å².